The molecule has 0 fully saturated rings. The van der Waals surface area contributed by atoms with Gasteiger partial charge in [-0.2, -0.15) is 0 Å². The Morgan fingerprint density at radius 2 is 2.07 bits per heavy atom. The largest absolute Gasteiger partial charge is 0.497 e. The van der Waals surface area contributed by atoms with Crippen LogP contribution in [0.2, 0.25) is 0 Å². The van der Waals surface area contributed by atoms with Crippen LogP contribution in [0.5, 0.6) is 5.75 Å². The van der Waals surface area contributed by atoms with E-state index in [1.54, 1.807) is 39.2 Å². The van der Waals surface area contributed by atoms with Crippen molar-refractivity contribution in [2.75, 3.05) is 7.11 Å². The summed E-state index contributed by atoms with van der Waals surface area (Å²) in [5.41, 5.74) is 1.91. The third-order valence-corrected chi connectivity index (χ3v) is 4.77. The number of hydrogen-bond donors (Lipinski definition) is 2. The van der Waals surface area contributed by atoms with Crippen LogP contribution < -0.4 is 10.1 Å². The van der Waals surface area contributed by atoms with Crippen molar-refractivity contribution in [1.29, 1.82) is 0 Å². The minimum atomic E-state index is -0.679. The summed E-state index contributed by atoms with van der Waals surface area (Å²) in [5.74, 6) is 1.06. The molecule has 1 amide bonds. The summed E-state index contributed by atoms with van der Waals surface area (Å²) >= 11 is 0. The van der Waals surface area contributed by atoms with E-state index in [-0.39, 0.29) is 11.9 Å². The van der Waals surface area contributed by atoms with Gasteiger partial charge in [0.25, 0.3) is 5.91 Å². The molecule has 1 heterocycles. The van der Waals surface area contributed by atoms with Crippen LogP contribution in [0.4, 0.5) is 0 Å². The smallest absolute Gasteiger partial charge is 0.251 e. The van der Waals surface area contributed by atoms with Crippen LogP contribution in [-0.4, -0.2) is 34.8 Å². The molecule has 0 aliphatic rings. The molecule has 2 aromatic carbocycles. The highest BCUT2D eigenvalue weighted by Gasteiger charge is 2.16. The maximum Gasteiger partial charge on any atom is 0.251 e. The maximum absolute atomic E-state index is 12.6. The summed E-state index contributed by atoms with van der Waals surface area (Å²) in [6, 6.07) is 12.8. The lowest BCUT2D eigenvalue weighted by Gasteiger charge is -2.19. The van der Waals surface area contributed by atoms with Crippen molar-refractivity contribution in [3.05, 3.63) is 48.0 Å². The normalized spacial score (nSPS) is 12.7. The second-order valence-corrected chi connectivity index (χ2v) is 8.01. The van der Waals surface area contributed by atoms with Crippen molar-refractivity contribution in [1.82, 2.24) is 10.3 Å². The zero-order valence-electron chi connectivity index (χ0n) is 17.4. The van der Waals surface area contributed by atoms with Crippen molar-refractivity contribution in [3.63, 3.8) is 0 Å². The van der Waals surface area contributed by atoms with Crippen molar-refractivity contribution in [2.24, 2.45) is 0 Å². The number of nitrogens with zero attached hydrogens (tertiary/aromatic N) is 1. The molecule has 0 aliphatic carbocycles. The van der Waals surface area contributed by atoms with Gasteiger partial charge in [-0.1, -0.05) is 6.07 Å². The molecular formula is C23H28N2O4. The summed E-state index contributed by atoms with van der Waals surface area (Å²) in [5, 5.41) is 12.8. The van der Waals surface area contributed by atoms with Crippen LogP contribution in [0.3, 0.4) is 0 Å². The van der Waals surface area contributed by atoms with Gasteiger partial charge in [-0.25, -0.2) is 4.98 Å². The van der Waals surface area contributed by atoms with E-state index in [0.717, 1.165) is 24.2 Å². The highest BCUT2D eigenvalue weighted by Crippen LogP contribution is 2.27. The topological polar surface area (TPSA) is 84.6 Å². The SMILES string of the molecule is COc1cccc(-c2nc3ccc(C(=O)N[C@H](C)CCCC(C)(C)O)cc3o2)c1. The van der Waals surface area contributed by atoms with Crippen molar-refractivity contribution in [3.8, 4) is 17.2 Å². The third kappa shape index (κ3) is 5.57. The van der Waals surface area contributed by atoms with E-state index in [4.69, 9.17) is 9.15 Å². The number of nitrogens with one attached hydrogen (secondary N) is 1. The summed E-state index contributed by atoms with van der Waals surface area (Å²) in [6.07, 6.45) is 2.35. The van der Waals surface area contributed by atoms with E-state index < -0.39 is 5.60 Å². The van der Waals surface area contributed by atoms with Crippen LogP contribution >= 0.6 is 0 Å². The average molecular weight is 396 g/mol. The number of aromatic nitrogens is 1. The quantitative estimate of drug-likeness (QED) is 0.583. The first-order valence-corrected chi connectivity index (χ1v) is 9.83. The van der Waals surface area contributed by atoms with Crippen molar-refractivity contribution >= 4 is 17.0 Å². The Hall–Kier alpha value is -2.86. The molecular weight excluding hydrogens is 368 g/mol. The standard InChI is InChI=1S/C23H28N2O4/c1-15(7-6-12-23(2,3)27)24-21(26)16-10-11-19-20(14-16)29-22(25-19)17-8-5-9-18(13-17)28-4/h5,8-11,13-15,27H,6-7,12H2,1-4H3,(H,24,26)/t15-/m1/s1. The molecule has 1 atom stereocenters. The van der Waals surface area contributed by atoms with Gasteiger partial charge in [-0.3, -0.25) is 4.79 Å². The number of fused-ring (bicyclic) bond motifs is 1. The molecule has 0 saturated heterocycles. The Kier molecular flexibility index (Phi) is 6.23. The number of rotatable bonds is 8. The van der Waals surface area contributed by atoms with Gasteiger partial charge in [0, 0.05) is 17.2 Å². The van der Waals surface area contributed by atoms with E-state index in [9.17, 15) is 9.90 Å². The lowest BCUT2D eigenvalue weighted by atomic mass is 9.99. The molecule has 1 aromatic heterocycles. The Bertz CT molecular complexity index is 988. The van der Waals surface area contributed by atoms with Gasteiger partial charge in [0.05, 0.1) is 12.7 Å². The second-order valence-electron chi connectivity index (χ2n) is 8.01. The minimum absolute atomic E-state index is 0.0163. The highest BCUT2D eigenvalue weighted by atomic mass is 16.5. The molecule has 6 nitrogen and oxygen atoms in total. The fourth-order valence-corrected chi connectivity index (χ4v) is 3.17. The Labute approximate surface area is 170 Å². The number of aliphatic hydroxyl groups is 1. The van der Waals surface area contributed by atoms with Crippen molar-refractivity contribution in [2.45, 2.75) is 51.7 Å². The van der Waals surface area contributed by atoms with Gasteiger partial charge >= 0.3 is 0 Å². The summed E-state index contributed by atoms with van der Waals surface area (Å²) in [7, 11) is 1.61. The van der Waals surface area contributed by atoms with E-state index in [1.165, 1.54) is 0 Å². The first-order chi connectivity index (χ1) is 13.7. The number of methoxy groups -OCH3 is 1. The number of carbonyl (C=O) groups is 1. The summed E-state index contributed by atoms with van der Waals surface area (Å²) < 4.78 is 11.1. The minimum Gasteiger partial charge on any atom is -0.497 e. The molecule has 0 unspecified atom stereocenters. The number of oxazole rings is 1. The molecule has 154 valence electrons. The van der Waals surface area contributed by atoms with Gasteiger partial charge in [0.2, 0.25) is 5.89 Å². The summed E-state index contributed by atoms with van der Waals surface area (Å²) in [4.78, 5) is 17.1. The van der Waals surface area contributed by atoms with E-state index in [2.05, 4.69) is 10.3 Å². The third-order valence-electron chi connectivity index (χ3n) is 4.77. The lowest BCUT2D eigenvalue weighted by Crippen LogP contribution is -2.33. The monoisotopic (exact) mass is 396 g/mol. The number of benzene rings is 2. The first-order valence-electron chi connectivity index (χ1n) is 9.83. The molecule has 0 bridgehead atoms. The molecule has 3 rings (SSSR count). The van der Waals surface area contributed by atoms with Crippen LogP contribution in [0.25, 0.3) is 22.6 Å². The van der Waals surface area contributed by atoms with Gasteiger partial charge in [-0.15, -0.1) is 0 Å². The number of ether oxygens (including phenoxy) is 1. The molecule has 3 aromatic rings. The Morgan fingerprint density at radius 1 is 1.28 bits per heavy atom. The predicted molar refractivity (Wildman–Crippen MR) is 113 cm³/mol. The van der Waals surface area contributed by atoms with Crippen molar-refractivity contribution < 1.29 is 19.1 Å². The fourth-order valence-electron chi connectivity index (χ4n) is 3.17. The lowest BCUT2D eigenvalue weighted by molar-refractivity contribution is 0.0674. The Balaban J connectivity index is 1.69. The van der Waals surface area contributed by atoms with Crippen LogP contribution in [0.15, 0.2) is 46.9 Å². The summed E-state index contributed by atoms with van der Waals surface area (Å²) in [6.45, 7) is 5.56. The van der Waals surface area contributed by atoms with Gasteiger partial charge in [0.1, 0.15) is 11.3 Å². The van der Waals surface area contributed by atoms with Gasteiger partial charge in [0.15, 0.2) is 5.58 Å². The second kappa shape index (κ2) is 8.66. The zero-order chi connectivity index (χ0) is 21.0. The fraction of sp³-hybridized carbons (Fsp3) is 0.391. The number of carbonyl (C=O) groups excluding carboxylic acids is 1. The van der Waals surface area contributed by atoms with Crippen LogP contribution in [-0.2, 0) is 0 Å². The average Bonchev–Trinajstić information content (AvgIpc) is 3.10. The van der Waals surface area contributed by atoms with Gasteiger partial charge < -0.3 is 19.6 Å². The molecule has 0 saturated carbocycles. The van der Waals surface area contributed by atoms with Crippen LogP contribution in [0.1, 0.15) is 50.4 Å². The van der Waals surface area contributed by atoms with Crippen LogP contribution in [0, 0.1) is 0 Å². The van der Waals surface area contributed by atoms with E-state index in [1.807, 2.05) is 31.2 Å². The molecule has 2 N–H and O–H groups in total. The molecule has 0 aliphatic heterocycles. The van der Waals surface area contributed by atoms with E-state index >= 15 is 0 Å². The molecule has 29 heavy (non-hydrogen) atoms. The predicted octanol–water partition coefficient (Wildman–Crippen LogP) is 4.56. The Morgan fingerprint density at radius 3 is 2.79 bits per heavy atom. The zero-order valence-corrected chi connectivity index (χ0v) is 17.4. The molecule has 0 spiro atoms. The van der Waals surface area contributed by atoms with E-state index in [0.29, 0.717) is 29.0 Å². The van der Waals surface area contributed by atoms with Gasteiger partial charge in [-0.05, 0) is 76.4 Å². The highest BCUT2D eigenvalue weighted by molar-refractivity contribution is 5.97. The molecule has 6 heteroatoms. The number of hydrogen-bond acceptors (Lipinski definition) is 5. The number of amides is 1. The maximum atomic E-state index is 12.6. The first kappa shape index (κ1) is 20.9. The molecule has 0 radical (unpaired) electrons.